The van der Waals surface area contributed by atoms with E-state index in [4.69, 9.17) is 14.7 Å². The minimum atomic E-state index is -0.836. The normalized spacial score (nSPS) is 14.7. The first-order chi connectivity index (χ1) is 33.2. The fourth-order valence-electron chi connectivity index (χ4n) is 11.7. The van der Waals surface area contributed by atoms with Crippen LogP contribution in [0.4, 0.5) is 0 Å². The van der Waals surface area contributed by atoms with Gasteiger partial charge in [0.05, 0.1) is 73.4 Å². The van der Waals surface area contributed by atoms with Crippen molar-refractivity contribution in [2.24, 2.45) is 0 Å². The maximum atomic E-state index is 9.89. The molecule has 0 fully saturated rings. The zero-order chi connectivity index (χ0) is 44.0. The fraction of sp³-hybridized carbons (Fsp3) is 0.0167. The van der Waals surface area contributed by atoms with Crippen LogP contribution in [0.5, 0.6) is 11.5 Å². The number of benzene rings is 8. The van der Waals surface area contributed by atoms with Crippen molar-refractivity contribution in [2.75, 3.05) is 0 Å². The Morgan fingerprint density at radius 3 is 1.57 bits per heavy atom. The van der Waals surface area contributed by atoms with E-state index in [1.807, 2.05) is 36.7 Å². The Kier molecular flexibility index (Phi) is 7.10. The lowest BCUT2D eigenvalue weighted by Crippen LogP contribution is -2.32. The van der Waals surface area contributed by atoms with Crippen molar-refractivity contribution in [3.8, 4) is 46.0 Å². The van der Waals surface area contributed by atoms with Gasteiger partial charge in [-0.1, -0.05) is 97.1 Å². The molecular formula is C60H34N6O. The van der Waals surface area contributed by atoms with Crippen LogP contribution in [0.15, 0.2) is 207 Å². The summed E-state index contributed by atoms with van der Waals surface area (Å²) in [4.78, 5) is 10.4. The molecule has 1 aliphatic carbocycles. The molecule has 1 spiro atoms. The van der Waals surface area contributed by atoms with Gasteiger partial charge in [0.15, 0.2) is 0 Å². The maximum absolute atomic E-state index is 9.89. The van der Waals surface area contributed by atoms with Gasteiger partial charge in [-0.05, 0) is 103 Å². The van der Waals surface area contributed by atoms with E-state index in [0.29, 0.717) is 5.56 Å². The molecule has 310 valence electrons. The summed E-state index contributed by atoms with van der Waals surface area (Å²) in [6.45, 7) is 0. The standard InChI is InChI=1S/C60H34N6O/c61-34-36-23-26-54-44(30-36)42-14-3-9-21-53(42)66(54)39-33-49-59(63-35-39)58-47(17-11-29-62-58)60(49)46-16-5-10-22-56(46)67-57-28-25-38(32-48(57)60)65-52-20-8-4-15-43(52)45-31-37(24-27-55(45)65)64-50-18-6-1-12-40(50)41-13-2-7-19-51(41)64/h1-33,35H. The molecule has 0 saturated carbocycles. The van der Waals surface area contributed by atoms with Crippen LogP contribution in [0.2, 0.25) is 0 Å². The molecular weight excluding hydrogens is 821 g/mol. The smallest absolute Gasteiger partial charge is 0.132 e. The van der Waals surface area contributed by atoms with Gasteiger partial charge in [0.25, 0.3) is 0 Å². The van der Waals surface area contributed by atoms with Crippen molar-refractivity contribution in [1.82, 2.24) is 23.7 Å². The molecule has 7 heteroatoms. The molecule has 5 aromatic heterocycles. The number of nitrogens with zero attached hydrogens (tertiary/aromatic N) is 6. The summed E-state index contributed by atoms with van der Waals surface area (Å²) in [5, 5.41) is 16.8. The Labute approximate surface area is 383 Å². The second-order valence-electron chi connectivity index (χ2n) is 17.6. The summed E-state index contributed by atoms with van der Waals surface area (Å²) in [5.74, 6) is 1.58. The van der Waals surface area contributed by atoms with Gasteiger partial charge in [-0.15, -0.1) is 0 Å². The highest BCUT2D eigenvalue weighted by molar-refractivity contribution is 6.13. The predicted octanol–water partition coefficient (Wildman–Crippen LogP) is 14.1. The lowest BCUT2D eigenvalue weighted by atomic mass is 9.66. The van der Waals surface area contributed by atoms with Crippen LogP contribution < -0.4 is 4.74 Å². The molecule has 67 heavy (non-hydrogen) atoms. The Morgan fingerprint density at radius 1 is 0.388 bits per heavy atom. The van der Waals surface area contributed by atoms with E-state index in [1.54, 1.807) is 0 Å². The minimum absolute atomic E-state index is 0.626. The van der Waals surface area contributed by atoms with Gasteiger partial charge in [-0.25, -0.2) is 0 Å². The van der Waals surface area contributed by atoms with Crippen LogP contribution in [0.3, 0.4) is 0 Å². The van der Waals surface area contributed by atoms with Crippen molar-refractivity contribution in [3.63, 3.8) is 0 Å². The summed E-state index contributed by atoms with van der Waals surface area (Å²) in [6, 6.07) is 71.3. The molecule has 13 aromatic rings. The van der Waals surface area contributed by atoms with Crippen LogP contribution in [0.25, 0.3) is 93.9 Å². The van der Waals surface area contributed by atoms with Gasteiger partial charge in [0.1, 0.15) is 11.5 Å². The second kappa shape index (κ2) is 13.2. The average molecular weight is 855 g/mol. The zero-order valence-electron chi connectivity index (χ0n) is 35.7. The van der Waals surface area contributed by atoms with Gasteiger partial charge in [0.2, 0.25) is 0 Å². The number of pyridine rings is 2. The van der Waals surface area contributed by atoms with E-state index in [9.17, 15) is 5.26 Å². The number of rotatable bonds is 3. The van der Waals surface area contributed by atoms with Gasteiger partial charge < -0.3 is 18.4 Å². The third-order valence-electron chi connectivity index (χ3n) is 14.4. The number of para-hydroxylation sites is 5. The molecule has 6 heterocycles. The molecule has 8 aromatic carbocycles. The highest BCUT2D eigenvalue weighted by atomic mass is 16.5. The molecule has 1 unspecified atom stereocenters. The van der Waals surface area contributed by atoms with Crippen LogP contribution in [-0.4, -0.2) is 23.7 Å². The highest BCUT2D eigenvalue weighted by Crippen LogP contribution is 2.62. The minimum Gasteiger partial charge on any atom is -0.457 e. The highest BCUT2D eigenvalue weighted by Gasteiger charge is 2.53. The van der Waals surface area contributed by atoms with Crippen LogP contribution >= 0.6 is 0 Å². The topological polar surface area (TPSA) is 73.6 Å². The van der Waals surface area contributed by atoms with E-state index in [-0.39, 0.29) is 0 Å². The SMILES string of the molecule is N#Cc1ccc2c(c1)c1ccccc1n2-c1cnc2c(c1)C1(c3ccccc3Oc3ccc(-n4c5ccccc5c5cc(-n6c7ccccc7c7ccccc76)ccc54)cc31)c1cccnc1-2. The fourth-order valence-corrected chi connectivity index (χ4v) is 11.7. The largest absolute Gasteiger partial charge is 0.457 e. The van der Waals surface area contributed by atoms with Gasteiger partial charge in [0, 0.05) is 66.6 Å². The molecule has 0 radical (unpaired) electrons. The lowest BCUT2D eigenvalue weighted by molar-refractivity contribution is 0.436. The summed E-state index contributed by atoms with van der Waals surface area (Å²) in [6.07, 6.45) is 3.83. The third-order valence-corrected chi connectivity index (χ3v) is 14.4. The van der Waals surface area contributed by atoms with Gasteiger partial charge >= 0.3 is 0 Å². The van der Waals surface area contributed by atoms with Crippen molar-refractivity contribution >= 4 is 65.4 Å². The molecule has 0 N–H and O–H groups in total. The molecule has 1 atom stereocenters. The van der Waals surface area contributed by atoms with Crippen LogP contribution in [0.1, 0.15) is 27.8 Å². The monoisotopic (exact) mass is 854 g/mol. The first-order valence-electron chi connectivity index (χ1n) is 22.5. The Bertz CT molecular complexity index is 4300. The number of nitriles is 1. The summed E-state index contributed by atoms with van der Waals surface area (Å²) >= 11 is 0. The summed E-state index contributed by atoms with van der Waals surface area (Å²) in [5.41, 5.74) is 15.3. The van der Waals surface area contributed by atoms with E-state index >= 15 is 0 Å². The molecule has 7 nitrogen and oxygen atoms in total. The average Bonchev–Trinajstić information content (AvgIpc) is 4.10. The number of aromatic nitrogens is 5. The number of ether oxygens (including phenoxy) is 1. The molecule has 1 aliphatic heterocycles. The number of hydrogen-bond acceptors (Lipinski definition) is 4. The molecule has 15 rings (SSSR count). The van der Waals surface area contributed by atoms with Crippen molar-refractivity contribution in [3.05, 3.63) is 234 Å². The van der Waals surface area contributed by atoms with Crippen molar-refractivity contribution < 1.29 is 4.74 Å². The van der Waals surface area contributed by atoms with E-state index in [0.717, 1.165) is 95.0 Å². The predicted molar refractivity (Wildman–Crippen MR) is 267 cm³/mol. The Balaban J connectivity index is 0.990. The molecule has 2 aliphatic rings. The number of hydrogen-bond donors (Lipinski definition) is 0. The van der Waals surface area contributed by atoms with Crippen LogP contribution in [0, 0.1) is 11.3 Å². The molecule has 0 saturated heterocycles. The summed E-state index contributed by atoms with van der Waals surface area (Å²) in [7, 11) is 0. The quantitative estimate of drug-likeness (QED) is 0.177. The van der Waals surface area contributed by atoms with Gasteiger partial charge in [-0.3, -0.25) is 9.97 Å². The lowest BCUT2D eigenvalue weighted by Gasteiger charge is -2.39. The van der Waals surface area contributed by atoms with E-state index in [2.05, 4.69) is 190 Å². The second-order valence-corrected chi connectivity index (χ2v) is 17.6. The van der Waals surface area contributed by atoms with Crippen LogP contribution in [-0.2, 0) is 5.41 Å². The Hall–Kier alpha value is -9.25. The number of fused-ring (bicyclic) bond motifs is 18. The first-order valence-corrected chi connectivity index (χ1v) is 22.5. The van der Waals surface area contributed by atoms with E-state index in [1.165, 1.54) is 32.6 Å². The summed E-state index contributed by atoms with van der Waals surface area (Å²) < 4.78 is 14.0. The van der Waals surface area contributed by atoms with Crippen molar-refractivity contribution in [2.45, 2.75) is 5.41 Å². The van der Waals surface area contributed by atoms with E-state index < -0.39 is 5.41 Å². The Morgan fingerprint density at radius 2 is 0.881 bits per heavy atom. The van der Waals surface area contributed by atoms with Crippen molar-refractivity contribution in [1.29, 1.82) is 5.26 Å². The first kappa shape index (κ1) is 36.1. The maximum Gasteiger partial charge on any atom is 0.132 e. The van der Waals surface area contributed by atoms with Gasteiger partial charge in [-0.2, -0.15) is 5.26 Å². The third kappa shape index (κ3) is 4.68. The zero-order valence-corrected chi connectivity index (χ0v) is 35.7. The molecule has 0 amide bonds. The molecule has 0 bridgehead atoms.